The number of carbonyl (C=O) groups excluding carboxylic acids is 1. The Labute approximate surface area is 140 Å². The molecule has 0 saturated carbocycles. The molecule has 0 aromatic heterocycles. The molecule has 1 amide bonds. The molecule has 3 nitrogen and oxygen atoms in total. The quantitative estimate of drug-likeness (QED) is 0.811. The van der Waals surface area contributed by atoms with Crippen molar-refractivity contribution in [2.24, 2.45) is 0 Å². The minimum atomic E-state index is -0.318. The fraction of sp³-hybridized carbons (Fsp3) is 0.278. The highest BCUT2D eigenvalue weighted by atomic mass is 32.2. The van der Waals surface area contributed by atoms with E-state index in [4.69, 9.17) is 0 Å². The van der Waals surface area contributed by atoms with Gasteiger partial charge in [0.1, 0.15) is 5.82 Å². The van der Waals surface area contributed by atoms with Crippen molar-refractivity contribution in [1.29, 1.82) is 0 Å². The van der Waals surface area contributed by atoms with Crippen LogP contribution in [-0.4, -0.2) is 30.2 Å². The molecule has 23 heavy (non-hydrogen) atoms. The molecule has 0 aliphatic heterocycles. The minimum absolute atomic E-state index is 0.111. The Hall–Kier alpha value is -1.85. The van der Waals surface area contributed by atoms with Gasteiger partial charge in [0.25, 0.3) is 0 Å². The second-order valence-corrected chi connectivity index (χ2v) is 6.31. The van der Waals surface area contributed by atoms with Crippen LogP contribution in [0, 0.1) is 5.82 Å². The van der Waals surface area contributed by atoms with Crippen molar-refractivity contribution in [3.63, 3.8) is 0 Å². The number of halogens is 1. The summed E-state index contributed by atoms with van der Waals surface area (Å²) in [6.07, 6.45) is 2.04. The summed E-state index contributed by atoms with van der Waals surface area (Å²) in [5, 5.41) is 2.80. The first-order chi connectivity index (χ1) is 11.0. The maximum Gasteiger partial charge on any atom is 0.241 e. The lowest BCUT2D eigenvalue weighted by molar-refractivity contribution is -0.120. The first-order valence-corrected chi connectivity index (χ1v) is 8.61. The van der Waals surface area contributed by atoms with E-state index in [2.05, 4.69) is 29.6 Å². The average molecular weight is 332 g/mol. The van der Waals surface area contributed by atoms with Gasteiger partial charge in [-0.25, -0.2) is 4.39 Å². The first kappa shape index (κ1) is 17.5. The van der Waals surface area contributed by atoms with E-state index in [1.165, 1.54) is 17.0 Å². The summed E-state index contributed by atoms with van der Waals surface area (Å²) in [5.41, 5.74) is 1.76. The number of nitrogens with one attached hydrogen (secondary N) is 1. The molecule has 0 spiro atoms. The smallest absolute Gasteiger partial charge is 0.241 e. The van der Waals surface area contributed by atoms with Crippen molar-refractivity contribution in [2.75, 3.05) is 18.6 Å². The summed E-state index contributed by atoms with van der Waals surface area (Å²) < 4.78 is 12.9. The van der Waals surface area contributed by atoms with E-state index in [9.17, 15) is 9.18 Å². The van der Waals surface area contributed by atoms with Crippen LogP contribution in [0.15, 0.2) is 53.4 Å². The monoisotopic (exact) mass is 332 g/mol. The van der Waals surface area contributed by atoms with Crippen LogP contribution in [0.1, 0.15) is 12.5 Å². The lowest BCUT2D eigenvalue weighted by Crippen LogP contribution is -2.39. The lowest BCUT2D eigenvalue weighted by atomic mass is 10.2. The fourth-order valence-corrected chi connectivity index (χ4v) is 2.54. The van der Waals surface area contributed by atoms with E-state index in [1.807, 2.05) is 25.1 Å². The number of benzene rings is 2. The Bertz CT molecular complexity index is 643. The Kier molecular flexibility index (Phi) is 6.19. The van der Waals surface area contributed by atoms with E-state index in [1.54, 1.807) is 23.9 Å². The Morgan fingerprint density at radius 1 is 1.17 bits per heavy atom. The third kappa shape index (κ3) is 5.08. The summed E-state index contributed by atoms with van der Waals surface area (Å²) in [6, 6.07) is 13.8. The Balaban J connectivity index is 1.93. The number of hydrogen-bond acceptors (Lipinski definition) is 3. The molecule has 0 aliphatic rings. The normalized spacial score (nSPS) is 12.2. The zero-order chi connectivity index (χ0) is 16.8. The van der Waals surface area contributed by atoms with Crippen molar-refractivity contribution in [2.45, 2.75) is 24.4 Å². The van der Waals surface area contributed by atoms with E-state index >= 15 is 0 Å². The second kappa shape index (κ2) is 8.13. The first-order valence-electron chi connectivity index (χ1n) is 7.39. The molecule has 2 aromatic rings. The molecule has 0 radical (unpaired) electrons. The van der Waals surface area contributed by atoms with Gasteiger partial charge in [-0.1, -0.05) is 12.1 Å². The van der Waals surface area contributed by atoms with Gasteiger partial charge >= 0.3 is 0 Å². The molecule has 2 aromatic carbocycles. The van der Waals surface area contributed by atoms with Crippen LogP contribution in [0.25, 0.3) is 0 Å². The third-order valence-electron chi connectivity index (χ3n) is 3.74. The molecule has 2 rings (SSSR count). The maximum atomic E-state index is 12.9. The van der Waals surface area contributed by atoms with Crippen molar-refractivity contribution in [3.05, 3.63) is 59.9 Å². The molecule has 0 bridgehead atoms. The molecule has 1 N–H and O–H groups in total. The highest BCUT2D eigenvalue weighted by molar-refractivity contribution is 7.98. The van der Waals surface area contributed by atoms with Crippen LogP contribution >= 0.6 is 11.8 Å². The predicted molar refractivity (Wildman–Crippen MR) is 94.2 cm³/mol. The zero-order valence-electron chi connectivity index (χ0n) is 13.5. The van der Waals surface area contributed by atoms with Crippen LogP contribution in [0.5, 0.6) is 0 Å². The molecular formula is C18H21FN2OS. The topological polar surface area (TPSA) is 32.3 Å². The predicted octanol–water partition coefficient (Wildman–Crippen LogP) is 4.01. The van der Waals surface area contributed by atoms with Gasteiger partial charge in [-0.3, -0.25) is 9.69 Å². The average Bonchev–Trinajstić information content (AvgIpc) is 2.56. The van der Waals surface area contributed by atoms with Crippen molar-refractivity contribution < 1.29 is 9.18 Å². The molecule has 0 heterocycles. The number of hydrogen-bond donors (Lipinski definition) is 1. The highest BCUT2D eigenvalue weighted by Gasteiger charge is 2.18. The summed E-state index contributed by atoms with van der Waals surface area (Å²) in [6.45, 7) is 2.54. The fourth-order valence-electron chi connectivity index (χ4n) is 2.14. The standard InChI is InChI=1S/C18H21FN2OS/c1-13(18(22)20-16-8-6-15(19)7-9-16)21(2)12-14-4-10-17(23-3)11-5-14/h4-11,13H,12H2,1-3H3,(H,20,22). The molecule has 0 fully saturated rings. The van der Waals surface area contributed by atoms with Crippen LogP contribution in [0.2, 0.25) is 0 Å². The number of anilines is 1. The van der Waals surface area contributed by atoms with Gasteiger partial charge < -0.3 is 5.32 Å². The minimum Gasteiger partial charge on any atom is -0.325 e. The summed E-state index contributed by atoms with van der Waals surface area (Å²) in [7, 11) is 1.91. The molecule has 0 saturated heterocycles. The number of likely N-dealkylation sites (N-methyl/N-ethyl adjacent to an activating group) is 1. The molecular weight excluding hydrogens is 311 g/mol. The van der Waals surface area contributed by atoms with Crippen molar-refractivity contribution in [1.82, 2.24) is 4.90 Å². The van der Waals surface area contributed by atoms with E-state index < -0.39 is 0 Å². The van der Waals surface area contributed by atoms with Crippen molar-refractivity contribution in [3.8, 4) is 0 Å². The van der Waals surface area contributed by atoms with E-state index in [0.29, 0.717) is 12.2 Å². The van der Waals surface area contributed by atoms with Gasteiger partial charge in [-0.15, -0.1) is 11.8 Å². The van der Waals surface area contributed by atoms with Crippen LogP contribution < -0.4 is 5.32 Å². The summed E-state index contributed by atoms with van der Waals surface area (Å²) in [5.74, 6) is -0.429. The summed E-state index contributed by atoms with van der Waals surface area (Å²) >= 11 is 1.71. The van der Waals surface area contributed by atoms with Gasteiger partial charge in [0.05, 0.1) is 6.04 Å². The van der Waals surface area contributed by atoms with Gasteiger partial charge in [-0.05, 0) is 62.2 Å². The maximum absolute atomic E-state index is 12.9. The molecule has 122 valence electrons. The number of nitrogens with zero attached hydrogens (tertiary/aromatic N) is 1. The highest BCUT2D eigenvalue weighted by Crippen LogP contribution is 2.16. The van der Waals surface area contributed by atoms with E-state index in [0.717, 1.165) is 5.56 Å². The lowest BCUT2D eigenvalue weighted by Gasteiger charge is -2.24. The Morgan fingerprint density at radius 2 is 1.78 bits per heavy atom. The zero-order valence-corrected chi connectivity index (χ0v) is 14.4. The molecule has 1 atom stereocenters. The van der Waals surface area contributed by atoms with Crippen LogP contribution in [0.3, 0.4) is 0 Å². The number of thioether (sulfide) groups is 1. The van der Waals surface area contributed by atoms with Crippen molar-refractivity contribution >= 4 is 23.4 Å². The van der Waals surface area contributed by atoms with Gasteiger partial charge in [0.15, 0.2) is 0 Å². The number of amides is 1. The molecule has 0 aliphatic carbocycles. The van der Waals surface area contributed by atoms with Gasteiger partial charge in [0, 0.05) is 17.1 Å². The SMILES string of the molecule is CSc1ccc(CN(C)C(C)C(=O)Nc2ccc(F)cc2)cc1. The molecule has 5 heteroatoms. The van der Waals surface area contributed by atoms with Gasteiger partial charge in [0.2, 0.25) is 5.91 Å². The van der Waals surface area contributed by atoms with Crippen LogP contribution in [0.4, 0.5) is 10.1 Å². The third-order valence-corrected chi connectivity index (χ3v) is 4.49. The van der Waals surface area contributed by atoms with Gasteiger partial charge in [-0.2, -0.15) is 0 Å². The Morgan fingerprint density at radius 3 is 2.35 bits per heavy atom. The summed E-state index contributed by atoms with van der Waals surface area (Å²) in [4.78, 5) is 15.5. The largest absolute Gasteiger partial charge is 0.325 e. The molecule has 1 unspecified atom stereocenters. The second-order valence-electron chi connectivity index (χ2n) is 5.44. The number of carbonyl (C=O) groups is 1. The number of rotatable bonds is 6. The van der Waals surface area contributed by atoms with E-state index in [-0.39, 0.29) is 17.8 Å². The van der Waals surface area contributed by atoms with Crippen LogP contribution in [-0.2, 0) is 11.3 Å².